The molecule has 0 bridgehead atoms. The third-order valence-electron chi connectivity index (χ3n) is 3.49. The van der Waals surface area contributed by atoms with Crippen LogP contribution in [0.2, 0.25) is 0 Å². The van der Waals surface area contributed by atoms with Gasteiger partial charge in [0.15, 0.2) is 0 Å². The first kappa shape index (κ1) is 14.6. The third-order valence-corrected chi connectivity index (χ3v) is 4.86. The molecule has 1 fully saturated rings. The number of halogens is 3. The summed E-state index contributed by atoms with van der Waals surface area (Å²) in [6.45, 7) is 2.17. The number of hydrogen-bond donors (Lipinski definition) is 1. The fourth-order valence-corrected chi connectivity index (χ4v) is 4.05. The van der Waals surface area contributed by atoms with Gasteiger partial charge in [-0.2, -0.15) is 13.2 Å². The Bertz CT molecular complexity index is 445. The lowest BCUT2D eigenvalue weighted by molar-refractivity contribution is -0.139. The first-order valence-electron chi connectivity index (χ1n) is 6.49. The lowest BCUT2D eigenvalue weighted by Crippen LogP contribution is -2.16. The molecule has 2 atom stereocenters. The van der Waals surface area contributed by atoms with E-state index in [4.69, 9.17) is 5.73 Å². The van der Waals surface area contributed by atoms with Crippen molar-refractivity contribution in [2.24, 2.45) is 5.92 Å². The molecule has 106 valence electrons. The maximum Gasteiger partial charge on any atom is 0.417 e. The van der Waals surface area contributed by atoms with E-state index in [-0.39, 0.29) is 10.9 Å². The summed E-state index contributed by atoms with van der Waals surface area (Å²) < 4.78 is 39.0. The first-order valence-corrected chi connectivity index (χ1v) is 7.37. The second kappa shape index (κ2) is 5.65. The van der Waals surface area contributed by atoms with Crippen molar-refractivity contribution in [1.82, 2.24) is 0 Å². The zero-order chi connectivity index (χ0) is 14.0. The predicted molar refractivity (Wildman–Crippen MR) is 73.1 cm³/mol. The Labute approximate surface area is 115 Å². The monoisotopic (exact) mass is 289 g/mol. The van der Waals surface area contributed by atoms with E-state index in [9.17, 15) is 13.2 Å². The topological polar surface area (TPSA) is 26.0 Å². The van der Waals surface area contributed by atoms with Gasteiger partial charge in [0.25, 0.3) is 0 Å². The molecule has 0 aliphatic heterocycles. The molecule has 1 saturated carbocycles. The highest BCUT2D eigenvalue weighted by atomic mass is 32.2. The van der Waals surface area contributed by atoms with Gasteiger partial charge in [-0.25, -0.2) is 0 Å². The van der Waals surface area contributed by atoms with Crippen LogP contribution in [-0.4, -0.2) is 5.25 Å². The van der Waals surface area contributed by atoms with Crippen LogP contribution in [0.25, 0.3) is 0 Å². The van der Waals surface area contributed by atoms with Crippen molar-refractivity contribution in [2.45, 2.75) is 48.9 Å². The molecule has 0 amide bonds. The van der Waals surface area contributed by atoms with Crippen molar-refractivity contribution >= 4 is 17.4 Å². The lowest BCUT2D eigenvalue weighted by Gasteiger charge is -2.27. The Balaban J connectivity index is 2.20. The van der Waals surface area contributed by atoms with Crippen LogP contribution in [-0.2, 0) is 6.18 Å². The third kappa shape index (κ3) is 3.81. The summed E-state index contributed by atoms with van der Waals surface area (Å²) in [5.41, 5.74) is 5.03. The van der Waals surface area contributed by atoms with E-state index in [1.807, 2.05) is 0 Å². The van der Waals surface area contributed by atoms with Gasteiger partial charge in [0, 0.05) is 15.8 Å². The zero-order valence-electron chi connectivity index (χ0n) is 10.8. The summed E-state index contributed by atoms with van der Waals surface area (Å²) in [6, 6.07) is 4.08. The average molecular weight is 289 g/mol. The largest absolute Gasteiger partial charge is 0.417 e. The van der Waals surface area contributed by atoms with E-state index in [0.29, 0.717) is 10.8 Å². The second-order valence-electron chi connectivity index (χ2n) is 5.26. The number of alkyl halides is 3. The Kier molecular flexibility index (Phi) is 4.33. The SMILES string of the molecule is CC1CCCC(Sc2ccc(N)cc2C(F)(F)F)C1. The molecule has 5 heteroatoms. The minimum absolute atomic E-state index is 0.161. The van der Waals surface area contributed by atoms with Gasteiger partial charge in [0.2, 0.25) is 0 Å². The molecule has 2 rings (SSSR count). The van der Waals surface area contributed by atoms with Gasteiger partial charge in [-0.3, -0.25) is 0 Å². The summed E-state index contributed by atoms with van der Waals surface area (Å²) in [5.74, 6) is 0.606. The van der Waals surface area contributed by atoms with Gasteiger partial charge in [0.1, 0.15) is 0 Å². The Hall–Kier alpha value is -0.840. The van der Waals surface area contributed by atoms with E-state index in [1.165, 1.54) is 24.2 Å². The fourth-order valence-electron chi connectivity index (χ4n) is 2.54. The van der Waals surface area contributed by atoms with E-state index >= 15 is 0 Å². The predicted octanol–water partition coefficient (Wildman–Crippen LogP) is 4.96. The molecule has 1 aromatic carbocycles. The second-order valence-corrected chi connectivity index (χ2v) is 6.61. The maximum atomic E-state index is 13.0. The molecule has 2 unspecified atom stereocenters. The van der Waals surface area contributed by atoms with Crippen LogP contribution in [0.15, 0.2) is 23.1 Å². The van der Waals surface area contributed by atoms with Gasteiger partial charge < -0.3 is 5.73 Å². The molecule has 0 heterocycles. The highest BCUT2D eigenvalue weighted by Crippen LogP contribution is 2.42. The number of benzene rings is 1. The van der Waals surface area contributed by atoms with Crippen LogP contribution in [0, 0.1) is 5.92 Å². The Morgan fingerprint density at radius 2 is 2.00 bits per heavy atom. The highest BCUT2D eigenvalue weighted by molar-refractivity contribution is 8.00. The van der Waals surface area contributed by atoms with E-state index in [1.54, 1.807) is 6.07 Å². The van der Waals surface area contributed by atoms with E-state index < -0.39 is 11.7 Å². The standard InChI is InChI=1S/C14H18F3NS/c1-9-3-2-4-11(7-9)19-13-6-5-10(18)8-12(13)14(15,16)17/h5-6,8-9,11H,2-4,7,18H2,1H3. The lowest BCUT2D eigenvalue weighted by atomic mass is 9.91. The van der Waals surface area contributed by atoms with Gasteiger partial charge in [0.05, 0.1) is 5.56 Å². The molecule has 0 saturated heterocycles. The van der Waals surface area contributed by atoms with Gasteiger partial charge in [-0.1, -0.05) is 19.8 Å². The van der Waals surface area contributed by atoms with Crippen LogP contribution in [0.3, 0.4) is 0 Å². The molecule has 0 aromatic heterocycles. The minimum atomic E-state index is -4.34. The Morgan fingerprint density at radius 1 is 1.26 bits per heavy atom. The number of thioether (sulfide) groups is 1. The summed E-state index contributed by atoms with van der Waals surface area (Å²) >= 11 is 1.35. The van der Waals surface area contributed by atoms with Crippen molar-refractivity contribution in [1.29, 1.82) is 0 Å². The summed E-state index contributed by atoms with van der Waals surface area (Å²) in [7, 11) is 0. The molecular formula is C14H18F3NS. The fraction of sp³-hybridized carbons (Fsp3) is 0.571. The van der Waals surface area contributed by atoms with Crippen molar-refractivity contribution in [3.05, 3.63) is 23.8 Å². The number of rotatable bonds is 2. The van der Waals surface area contributed by atoms with Crippen molar-refractivity contribution in [3.63, 3.8) is 0 Å². The molecule has 1 aliphatic carbocycles. The summed E-state index contributed by atoms with van der Waals surface area (Å²) in [5, 5.41) is 0.286. The van der Waals surface area contributed by atoms with Crippen LogP contribution in [0.4, 0.5) is 18.9 Å². The Morgan fingerprint density at radius 3 is 2.63 bits per heavy atom. The summed E-state index contributed by atoms with van der Waals surface area (Å²) in [6.07, 6.45) is -0.0545. The van der Waals surface area contributed by atoms with Crippen molar-refractivity contribution < 1.29 is 13.2 Å². The molecular weight excluding hydrogens is 271 g/mol. The summed E-state index contributed by atoms with van der Waals surface area (Å²) in [4.78, 5) is 0.306. The molecule has 1 aromatic rings. The van der Waals surface area contributed by atoms with Crippen LogP contribution >= 0.6 is 11.8 Å². The van der Waals surface area contributed by atoms with Crippen LogP contribution in [0.1, 0.15) is 38.2 Å². The average Bonchev–Trinajstić information content (AvgIpc) is 2.30. The smallest absolute Gasteiger partial charge is 0.399 e. The van der Waals surface area contributed by atoms with Crippen LogP contribution in [0.5, 0.6) is 0 Å². The molecule has 0 radical (unpaired) electrons. The quantitative estimate of drug-likeness (QED) is 0.779. The van der Waals surface area contributed by atoms with Crippen LogP contribution < -0.4 is 5.73 Å². The zero-order valence-corrected chi connectivity index (χ0v) is 11.7. The van der Waals surface area contributed by atoms with Gasteiger partial charge in [-0.05, 0) is 37.0 Å². The van der Waals surface area contributed by atoms with Gasteiger partial charge in [-0.15, -0.1) is 11.8 Å². The van der Waals surface area contributed by atoms with Crippen molar-refractivity contribution in [2.75, 3.05) is 5.73 Å². The first-order chi connectivity index (χ1) is 8.86. The van der Waals surface area contributed by atoms with Gasteiger partial charge >= 0.3 is 6.18 Å². The minimum Gasteiger partial charge on any atom is -0.399 e. The molecule has 0 spiro atoms. The van der Waals surface area contributed by atoms with E-state index in [0.717, 1.165) is 25.3 Å². The maximum absolute atomic E-state index is 13.0. The molecule has 1 nitrogen and oxygen atoms in total. The molecule has 2 N–H and O–H groups in total. The number of nitrogen functional groups attached to an aromatic ring is 1. The highest BCUT2D eigenvalue weighted by Gasteiger charge is 2.34. The number of hydrogen-bond acceptors (Lipinski definition) is 2. The molecule has 19 heavy (non-hydrogen) atoms. The van der Waals surface area contributed by atoms with Crippen molar-refractivity contribution in [3.8, 4) is 0 Å². The molecule has 1 aliphatic rings. The normalized spacial score (nSPS) is 24.4. The number of nitrogens with two attached hydrogens (primary N) is 1. The van der Waals surface area contributed by atoms with E-state index in [2.05, 4.69) is 6.92 Å². The number of anilines is 1.